The van der Waals surface area contributed by atoms with Crippen molar-refractivity contribution >= 4 is 17.5 Å². The third-order valence-corrected chi connectivity index (χ3v) is 3.95. The molecule has 0 saturated carbocycles. The predicted molar refractivity (Wildman–Crippen MR) is 79.7 cm³/mol. The number of ketones is 1. The van der Waals surface area contributed by atoms with Gasteiger partial charge in [0.2, 0.25) is 5.91 Å². The molecule has 1 atom stereocenters. The third-order valence-electron chi connectivity index (χ3n) is 3.95. The summed E-state index contributed by atoms with van der Waals surface area (Å²) in [6.45, 7) is 2.64. The van der Waals surface area contributed by atoms with Gasteiger partial charge in [-0.2, -0.15) is 0 Å². The van der Waals surface area contributed by atoms with Crippen LogP contribution in [0.15, 0.2) is 9.59 Å². The number of hydrogen-bond donors (Lipinski definition) is 2. The summed E-state index contributed by atoms with van der Waals surface area (Å²) < 4.78 is 1.91. The van der Waals surface area contributed by atoms with Crippen LogP contribution in [0.1, 0.15) is 17.3 Å². The van der Waals surface area contributed by atoms with Gasteiger partial charge in [0, 0.05) is 27.2 Å². The van der Waals surface area contributed by atoms with Crippen molar-refractivity contribution in [3.05, 3.63) is 26.4 Å². The number of nitrogen functional groups attached to an aromatic ring is 1. The summed E-state index contributed by atoms with van der Waals surface area (Å²) in [5.74, 6) is -0.831. The molecule has 1 fully saturated rings. The number of hydrogen-bond acceptors (Lipinski definition) is 6. The standard InChI is InChI=1S/C13H19N5O4/c1-7(18-5-4-15-8(19)6-18)10(20)9-11(14)16(2)13(22)17(3)12(9)21/h7H,4-6,14H2,1-3H3,(H,15,19)/t7-/m0/s1. The molecule has 1 aromatic rings. The number of carbonyl (C=O) groups excluding carboxylic acids is 2. The van der Waals surface area contributed by atoms with Crippen molar-refractivity contribution in [2.24, 2.45) is 14.1 Å². The fourth-order valence-corrected chi connectivity index (χ4v) is 2.46. The molecular weight excluding hydrogens is 290 g/mol. The molecular formula is C13H19N5O4. The lowest BCUT2D eigenvalue weighted by Gasteiger charge is -2.31. The Kier molecular flexibility index (Phi) is 4.18. The van der Waals surface area contributed by atoms with E-state index in [9.17, 15) is 19.2 Å². The average molecular weight is 309 g/mol. The minimum Gasteiger partial charge on any atom is -0.384 e. The smallest absolute Gasteiger partial charge is 0.332 e. The SMILES string of the molecule is C[C@@H](C(=O)c1c(N)n(C)c(=O)n(C)c1=O)N1CCNC(=O)C1. The first-order valence-electron chi connectivity index (χ1n) is 6.86. The van der Waals surface area contributed by atoms with Gasteiger partial charge < -0.3 is 11.1 Å². The number of nitrogens with one attached hydrogen (secondary N) is 1. The molecule has 0 unspecified atom stereocenters. The van der Waals surface area contributed by atoms with Crippen LogP contribution < -0.4 is 22.3 Å². The summed E-state index contributed by atoms with van der Waals surface area (Å²) in [6, 6.07) is -0.682. The van der Waals surface area contributed by atoms with Crippen LogP contribution >= 0.6 is 0 Å². The maximum Gasteiger partial charge on any atom is 0.332 e. The van der Waals surface area contributed by atoms with Gasteiger partial charge in [-0.3, -0.25) is 28.4 Å². The molecule has 0 aliphatic carbocycles. The molecule has 1 amide bonds. The average Bonchev–Trinajstić information content (AvgIpc) is 2.50. The van der Waals surface area contributed by atoms with Crippen molar-refractivity contribution in [2.75, 3.05) is 25.4 Å². The number of Topliss-reactive ketones (excluding diaryl/α,β-unsaturated/α-hetero) is 1. The first-order chi connectivity index (χ1) is 10.3. The van der Waals surface area contributed by atoms with Gasteiger partial charge in [0.05, 0.1) is 12.6 Å². The molecule has 22 heavy (non-hydrogen) atoms. The van der Waals surface area contributed by atoms with E-state index in [1.54, 1.807) is 11.8 Å². The van der Waals surface area contributed by atoms with E-state index in [0.717, 1.165) is 9.13 Å². The van der Waals surface area contributed by atoms with Gasteiger partial charge in [0.1, 0.15) is 11.4 Å². The van der Waals surface area contributed by atoms with Crippen molar-refractivity contribution in [3.8, 4) is 0 Å². The molecule has 9 heteroatoms. The van der Waals surface area contributed by atoms with Crippen LogP contribution in [-0.4, -0.2) is 51.4 Å². The van der Waals surface area contributed by atoms with E-state index >= 15 is 0 Å². The Labute approximate surface area is 126 Å². The highest BCUT2D eigenvalue weighted by atomic mass is 16.2. The van der Waals surface area contributed by atoms with Gasteiger partial charge in [-0.1, -0.05) is 0 Å². The molecule has 0 radical (unpaired) electrons. The summed E-state index contributed by atoms with van der Waals surface area (Å²) in [4.78, 5) is 49.7. The molecule has 1 aliphatic rings. The Hall–Kier alpha value is -2.42. The molecule has 1 aliphatic heterocycles. The van der Waals surface area contributed by atoms with Crippen molar-refractivity contribution in [1.29, 1.82) is 0 Å². The fourth-order valence-electron chi connectivity index (χ4n) is 2.46. The molecule has 1 aromatic heterocycles. The van der Waals surface area contributed by atoms with Crippen LogP contribution in [0.25, 0.3) is 0 Å². The number of piperazine rings is 1. The lowest BCUT2D eigenvalue weighted by Crippen LogP contribution is -2.54. The first kappa shape index (κ1) is 16.0. The van der Waals surface area contributed by atoms with E-state index in [2.05, 4.69) is 5.32 Å². The molecule has 0 bridgehead atoms. The highest BCUT2D eigenvalue weighted by molar-refractivity contribution is 6.03. The van der Waals surface area contributed by atoms with Gasteiger partial charge in [-0.15, -0.1) is 0 Å². The zero-order chi connectivity index (χ0) is 16.6. The minimum atomic E-state index is -0.723. The molecule has 3 N–H and O–H groups in total. The van der Waals surface area contributed by atoms with Crippen LogP contribution in [0.5, 0.6) is 0 Å². The van der Waals surface area contributed by atoms with E-state index in [-0.39, 0.29) is 23.8 Å². The monoisotopic (exact) mass is 309 g/mol. The Bertz CT molecular complexity index is 748. The summed E-state index contributed by atoms with van der Waals surface area (Å²) >= 11 is 0. The van der Waals surface area contributed by atoms with E-state index in [1.165, 1.54) is 14.1 Å². The van der Waals surface area contributed by atoms with E-state index in [1.807, 2.05) is 0 Å². The second kappa shape index (κ2) is 5.76. The van der Waals surface area contributed by atoms with Crippen molar-refractivity contribution in [2.45, 2.75) is 13.0 Å². The Morgan fingerprint density at radius 2 is 1.86 bits per heavy atom. The lowest BCUT2D eigenvalue weighted by atomic mass is 10.0. The Balaban J connectivity index is 2.44. The molecule has 0 spiro atoms. The second-order valence-corrected chi connectivity index (χ2v) is 5.33. The first-order valence-corrected chi connectivity index (χ1v) is 6.86. The largest absolute Gasteiger partial charge is 0.384 e. The van der Waals surface area contributed by atoms with Crippen molar-refractivity contribution in [3.63, 3.8) is 0 Å². The number of aromatic nitrogens is 2. The fraction of sp³-hybridized carbons (Fsp3) is 0.538. The summed E-state index contributed by atoms with van der Waals surface area (Å²) in [5, 5.41) is 2.67. The van der Waals surface area contributed by atoms with Gasteiger partial charge in [-0.05, 0) is 6.92 Å². The van der Waals surface area contributed by atoms with Crippen molar-refractivity contribution in [1.82, 2.24) is 19.4 Å². The molecule has 1 saturated heterocycles. The van der Waals surface area contributed by atoms with Gasteiger partial charge in [0.15, 0.2) is 5.78 Å². The number of rotatable bonds is 3. The Morgan fingerprint density at radius 3 is 2.45 bits per heavy atom. The molecule has 9 nitrogen and oxygen atoms in total. The van der Waals surface area contributed by atoms with E-state index in [0.29, 0.717) is 13.1 Å². The van der Waals surface area contributed by atoms with Crippen LogP contribution in [0, 0.1) is 0 Å². The summed E-state index contributed by atoms with van der Waals surface area (Å²) in [5.41, 5.74) is 4.24. The predicted octanol–water partition coefficient (Wildman–Crippen LogP) is -2.33. The maximum atomic E-state index is 12.6. The van der Waals surface area contributed by atoms with E-state index in [4.69, 9.17) is 5.73 Å². The van der Waals surface area contributed by atoms with Gasteiger partial charge in [0.25, 0.3) is 5.56 Å². The summed E-state index contributed by atoms with van der Waals surface area (Å²) in [6.07, 6.45) is 0. The topological polar surface area (TPSA) is 119 Å². The van der Waals surface area contributed by atoms with Crippen molar-refractivity contribution < 1.29 is 9.59 Å². The molecule has 2 rings (SSSR count). The normalized spacial score (nSPS) is 17.1. The van der Waals surface area contributed by atoms with Crippen LogP contribution in [0.2, 0.25) is 0 Å². The van der Waals surface area contributed by atoms with Crippen LogP contribution in [0.3, 0.4) is 0 Å². The zero-order valence-electron chi connectivity index (χ0n) is 12.8. The lowest BCUT2D eigenvalue weighted by molar-refractivity contribution is -0.124. The van der Waals surface area contributed by atoms with Crippen LogP contribution in [-0.2, 0) is 18.9 Å². The number of nitrogens with two attached hydrogens (primary N) is 1. The zero-order valence-corrected chi connectivity index (χ0v) is 12.8. The minimum absolute atomic E-state index is 0.0822. The highest BCUT2D eigenvalue weighted by Crippen LogP contribution is 2.11. The maximum absolute atomic E-state index is 12.6. The number of anilines is 1. The second-order valence-electron chi connectivity index (χ2n) is 5.33. The number of amides is 1. The van der Waals surface area contributed by atoms with E-state index < -0.39 is 23.1 Å². The van der Waals surface area contributed by atoms with Gasteiger partial charge in [-0.25, -0.2) is 4.79 Å². The van der Waals surface area contributed by atoms with Gasteiger partial charge >= 0.3 is 5.69 Å². The third kappa shape index (κ3) is 2.54. The molecule has 0 aromatic carbocycles. The highest BCUT2D eigenvalue weighted by Gasteiger charge is 2.30. The summed E-state index contributed by atoms with van der Waals surface area (Å²) in [7, 11) is 2.69. The molecule has 2 heterocycles. The number of carbonyl (C=O) groups is 2. The Morgan fingerprint density at radius 1 is 1.23 bits per heavy atom. The van der Waals surface area contributed by atoms with Crippen LogP contribution in [0.4, 0.5) is 5.82 Å². The quantitative estimate of drug-likeness (QED) is 0.604. The molecule has 120 valence electrons. The number of nitrogens with zero attached hydrogens (tertiary/aromatic N) is 3.